The molecule has 2 aromatic rings. The first-order valence-corrected chi connectivity index (χ1v) is 11.5. The van der Waals surface area contributed by atoms with E-state index in [1.54, 1.807) is 0 Å². The van der Waals surface area contributed by atoms with E-state index in [0.29, 0.717) is 11.9 Å². The topological polar surface area (TPSA) is 39.7 Å². The Morgan fingerprint density at radius 1 is 0.967 bits per heavy atom. The molecule has 5 heteroatoms. The summed E-state index contributed by atoms with van der Waals surface area (Å²) in [5.74, 6) is 0.534. The third-order valence-corrected chi connectivity index (χ3v) is 7.16. The van der Waals surface area contributed by atoms with Gasteiger partial charge in [-0.25, -0.2) is 0 Å². The van der Waals surface area contributed by atoms with Gasteiger partial charge in [0.25, 0.3) is 0 Å². The number of carbonyl (C=O) groups is 1. The third-order valence-electron chi connectivity index (χ3n) is 7.16. The molecule has 0 saturated carbocycles. The number of hydrogen-bond donors (Lipinski definition) is 0. The number of amides is 1. The third kappa shape index (κ3) is 4.28. The molecule has 2 fully saturated rings. The smallest absolute Gasteiger partial charge is 0.227 e. The van der Waals surface area contributed by atoms with Crippen molar-refractivity contribution in [3.63, 3.8) is 0 Å². The van der Waals surface area contributed by atoms with Gasteiger partial charge in [0.15, 0.2) is 0 Å². The van der Waals surface area contributed by atoms with E-state index in [1.165, 1.54) is 29.5 Å². The molecule has 0 bridgehead atoms. The van der Waals surface area contributed by atoms with E-state index in [9.17, 15) is 4.79 Å². The second-order valence-electron chi connectivity index (χ2n) is 9.17. The number of benzene rings is 1. The van der Waals surface area contributed by atoms with Crippen molar-refractivity contribution in [3.05, 3.63) is 65.5 Å². The van der Waals surface area contributed by atoms with Crippen LogP contribution in [0.15, 0.2) is 48.8 Å². The predicted octanol–water partition coefficient (Wildman–Crippen LogP) is 3.30. The van der Waals surface area contributed by atoms with Gasteiger partial charge in [-0.1, -0.05) is 30.3 Å². The first kappa shape index (κ1) is 19.7. The summed E-state index contributed by atoms with van der Waals surface area (Å²) in [5.41, 5.74) is 3.94. The SMILES string of the molecule is O=C(C1CCCN(C2CCN(Cc3cccnc3)CC2)C1)N1Cc2ccccc2C1. The molecular weight excluding hydrogens is 372 g/mol. The van der Waals surface area contributed by atoms with Crippen molar-refractivity contribution in [1.29, 1.82) is 0 Å². The number of piperidine rings is 2. The lowest BCUT2D eigenvalue weighted by atomic mass is 9.93. The Morgan fingerprint density at radius 3 is 2.43 bits per heavy atom. The predicted molar refractivity (Wildman–Crippen MR) is 118 cm³/mol. The van der Waals surface area contributed by atoms with Crippen LogP contribution in [0.5, 0.6) is 0 Å². The fourth-order valence-electron chi connectivity index (χ4n) is 5.48. The summed E-state index contributed by atoms with van der Waals surface area (Å²) in [6.45, 7) is 6.94. The summed E-state index contributed by atoms with van der Waals surface area (Å²) < 4.78 is 0. The van der Waals surface area contributed by atoms with E-state index in [4.69, 9.17) is 0 Å². The highest BCUT2D eigenvalue weighted by Gasteiger charge is 2.35. The monoisotopic (exact) mass is 404 g/mol. The van der Waals surface area contributed by atoms with E-state index < -0.39 is 0 Å². The molecule has 1 amide bonds. The lowest BCUT2D eigenvalue weighted by Gasteiger charge is -2.42. The van der Waals surface area contributed by atoms with Crippen LogP contribution < -0.4 is 0 Å². The number of carbonyl (C=O) groups excluding carboxylic acids is 1. The van der Waals surface area contributed by atoms with Crippen LogP contribution >= 0.6 is 0 Å². The van der Waals surface area contributed by atoms with Crippen molar-refractivity contribution in [3.8, 4) is 0 Å². The molecule has 30 heavy (non-hydrogen) atoms. The lowest BCUT2D eigenvalue weighted by molar-refractivity contribution is -0.138. The summed E-state index contributed by atoms with van der Waals surface area (Å²) in [5, 5.41) is 0. The zero-order valence-electron chi connectivity index (χ0n) is 17.7. The van der Waals surface area contributed by atoms with Gasteiger partial charge in [-0.2, -0.15) is 0 Å². The van der Waals surface area contributed by atoms with Crippen LogP contribution in [0.2, 0.25) is 0 Å². The standard InChI is InChI=1S/C25H32N4O/c30-25(29-17-21-6-1-2-7-22(21)18-29)23-8-4-12-28(19-23)24-9-13-27(14-10-24)16-20-5-3-11-26-15-20/h1-3,5-7,11,15,23-24H,4,8-10,12-14,16-19H2. The first-order valence-electron chi connectivity index (χ1n) is 11.5. The molecule has 1 aromatic heterocycles. The Morgan fingerprint density at radius 2 is 1.73 bits per heavy atom. The Balaban J connectivity index is 1.13. The number of pyridine rings is 1. The molecule has 5 rings (SSSR count). The van der Waals surface area contributed by atoms with Gasteiger partial charge in [0.05, 0.1) is 5.92 Å². The van der Waals surface area contributed by atoms with Gasteiger partial charge in [-0.3, -0.25) is 19.6 Å². The second-order valence-corrected chi connectivity index (χ2v) is 9.17. The lowest BCUT2D eigenvalue weighted by Crippen LogP contribution is -2.50. The average molecular weight is 405 g/mol. The molecule has 1 aromatic carbocycles. The first-order chi connectivity index (χ1) is 14.8. The van der Waals surface area contributed by atoms with Crippen molar-refractivity contribution in [1.82, 2.24) is 19.7 Å². The van der Waals surface area contributed by atoms with Crippen molar-refractivity contribution >= 4 is 5.91 Å². The molecule has 158 valence electrons. The van der Waals surface area contributed by atoms with Gasteiger partial charge in [0.1, 0.15) is 0 Å². The van der Waals surface area contributed by atoms with Gasteiger partial charge in [-0.05, 0) is 68.1 Å². The van der Waals surface area contributed by atoms with Crippen LogP contribution in [0, 0.1) is 5.92 Å². The van der Waals surface area contributed by atoms with E-state index in [1.807, 2.05) is 18.5 Å². The summed E-state index contributed by atoms with van der Waals surface area (Å²) in [4.78, 5) is 24.7. The number of nitrogens with zero attached hydrogens (tertiary/aromatic N) is 4. The molecule has 0 spiro atoms. The van der Waals surface area contributed by atoms with Gasteiger partial charge >= 0.3 is 0 Å². The highest BCUT2D eigenvalue weighted by atomic mass is 16.2. The van der Waals surface area contributed by atoms with Gasteiger partial charge in [0, 0.05) is 44.6 Å². The zero-order chi connectivity index (χ0) is 20.3. The maximum atomic E-state index is 13.2. The molecule has 5 nitrogen and oxygen atoms in total. The summed E-state index contributed by atoms with van der Waals surface area (Å²) in [6, 6.07) is 13.3. The van der Waals surface area contributed by atoms with Gasteiger partial charge < -0.3 is 4.90 Å². The molecule has 0 N–H and O–H groups in total. The molecule has 0 aliphatic carbocycles. The molecule has 3 aliphatic heterocycles. The maximum Gasteiger partial charge on any atom is 0.227 e. The number of likely N-dealkylation sites (tertiary alicyclic amines) is 2. The zero-order valence-corrected chi connectivity index (χ0v) is 17.7. The molecular formula is C25H32N4O. The highest BCUT2D eigenvalue weighted by Crippen LogP contribution is 2.29. The van der Waals surface area contributed by atoms with Crippen LogP contribution in [-0.2, 0) is 24.4 Å². The minimum atomic E-state index is 0.168. The minimum absolute atomic E-state index is 0.168. The number of fused-ring (bicyclic) bond motifs is 1. The molecule has 3 aliphatic rings. The summed E-state index contributed by atoms with van der Waals surface area (Å²) >= 11 is 0. The quantitative estimate of drug-likeness (QED) is 0.784. The molecule has 2 saturated heterocycles. The van der Waals surface area contributed by atoms with Crippen LogP contribution in [0.4, 0.5) is 0 Å². The molecule has 1 unspecified atom stereocenters. The maximum absolute atomic E-state index is 13.2. The highest BCUT2D eigenvalue weighted by molar-refractivity contribution is 5.80. The van der Waals surface area contributed by atoms with Crippen LogP contribution in [0.1, 0.15) is 42.4 Å². The summed E-state index contributed by atoms with van der Waals surface area (Å²) in [6.07, 6.45) is 8.41. The number of aromatic nitrogens is 1. The number of rotatable bonds is 4. The van der Waals surface area contributed by atoms with E-state index in [-0.39, 0.29) is 5.92 Å². The van der Waals surface area contributed by atoms with Crippen molar-refractivity contribution in [2.24, 2.45) is 5.92 Å². The fourth-order valence-corrected chi connectivity index (χ4v) is 5.48. The van der Waals surface area contributed by atoms with Crippen LogP contribution in [-0.4, -0.2) is 57.8 Å². The Bertz CT molecular complexity index is 837. The molecule has 4 heterocycles. The van der Waals surface area contributed by atoms with E-state index >= 15 is 0 Å². The second kappa shape index (κ2) is 8.86. The molecule has 1 atom stereocenters. The Hall–Kier alpha value is -2.24. The minimum Gasteiger partial charge on any atom is -0.334 e. The fraction of sp³-hybridized carbons (Fsp3) is 0.520. The average Bonchev–Trinajstić information content (AvgIpc) is 3.24. The van der Waals surface area contributed by atoms with Crippen molar-refractivity contribution < 1.29 is 4.79 Å². The Kier molecular flexibility index (Phi) is 5.82. The molecule has 0 radical (unpaired) electrons. The van der Waals surface area contributed by atoms with E-state index in [0.717, 1.165) is 58.7 Å². The number of hydrogen-bond acceptors (Lipinski definition) is 4. The van der Waals surface area contributed by atoms with Gasteiger partial charge in [0.2, 0.25) is 5.91 Å². The summed E-state index contributed by atoms with van der Waals surface area (Å²) in [7, 11) is 0. The van der Waals surface area contributed by atoms with Crippen molar-refractivity contribution in [2.75, 3.05) is 26.2 Å². The normalized spacial score (nSPS) is 23.5. The Labute approximate surface area is 179 Å². The van der Waals surface area contributed by atoms with Crippen LogP contribution in [0.25, 0.3) is 0 Å². The van der Waals surface area contributed by atoms with Crippen molar-refractivity contribution in [2.45, 2.75) is 51.4 Å². The van der Waals surface area contributed by atoms with Gasteiger partial charge in [-0.15, -0.1) is 0 Å². The van der Waals surface area contributed by atoms with Crippen LogP contribution in [0.3, 0.4) is 0 Å². The van der Waals surface area contributed by atoms with E-state index in [2.05, 4.69) is 50.0 Å². The largest absolute Gasteiger partial charge is 0.334 e.